The Labute approximate surface area is 201 Å². The number of likely N-dealkylation sites (N-methyl/N-ethyl adjacent to an activating group) is 1. The van der Waals surface area contributed by atoms with E-state index in [9.17, 15) is 18.0 Å². The van der Waals surface area contributed by atoms with Crippen LogP contribution in [-0.2, 0) is 21.4 Å². The molecule has 2 N–H and O–H groups in total. The fourth-order valence-corrected chi connectivity index (χ4v) is 5.02. The molecule has 0 spiro atoms. The largest absolute Gasteiger partial charge is 0.328 e. The third-order valence-corrected chi connectivity index (χ3v) is 7.25. The highest BCUT2D eigenvalue weighted by atomic mass is 35.5. The third kappa shape index (κ3) is 3.52. The SMILES string of the molecule is CC1=CN2C(=NC3C2C(=O)N(Cc2ccc(Cl)cc2)C(=O)N3C)N1c1ccc(S(N)(=O)=O)cc1. The Hall–Kier alpha value is -3.41. The molecule has 12 heteroatoms. The molecule has 0 radical (unpaired) electrons. The van der Waals surface area contributed by atoms with E-state index >= 15 is 0 Å². The van der Waals surface area contributed by atoms with Gasteiger partial charge in [0, 0.05) is 29.7 Å². The molecule has 0 saturated carbocycles. The fourth-order valence-electron chi connectivity index (χ4n) is 4.38. The second-order valence-corrected chi connectivity index (χ2v) is 10.3. The van der Waals surface area contributed by atoms with Gasteiger partial charge >= 0.3 is 6.03 Å². The summed E-state index contributed by atoms with van der Waals surface area (Å²) < 4.78 is 23.2. The van der Waals surface area contributed by atoms with E-state index in [0.29, 0.717) is 16.7 Å². The van der Waals surface area contributed by atoms with Crippen molar-refractivity contribution in [2.45, 2.75) is 30.6 Å². The lowest BCUT2D eigenvalue weighted by Gasteiger charge is -2.40. The van der Waals surface area contributed by atoms with Crippen molar-refractivity contribution in [3.05, 3.63) is 71.0 Å². The summed E-state index contributed by atoms with van der Waals surface area (Å²) in [7, 11) is -2.20. The van der Waals surface area contributed by atoms with Crippen LogP contribution in [0.3, 0.4) is 0 Å². The van der Waals surface area contributed by atoms with Crippen LogP contribution in [0.15, 0.2) is 70.3 Å². The van der Waals surface area contributed by atoms with Crippen molar-refractivity contribution < 1.29 is 18.0 Å². The molecule has 2 aromatic carbocycles. The van der Waals surface area contributed by atoms with Gasteiger partial charge in [-0.3, -0.25) is 14.6 Å². The minimum atomic E-state index is -3.82. The number of halogens is 1. The van der Waals surface area contributed by atoms with Gasteiger partial charge in [0.1, 0.15) is 0 Å². The molecule has 34 heavy (non-hydrogen) atoms. The maximum Gasteiger partial charge on any atom is 0.328 e. The number of urea groups is 1. The minimum absolute atomic E-state index is 0.00526. The molecule has 2 unspecified atom stereocenters. The molecule has 2 atom stereocenters. The molecule has 0 aliphatic carbocycles. The highest BCUT2D eigenvalue weighted by molar-refractivity contribution is 7.89. The van der Waals surface area contributed by atoms with Crippen molar-refractivity contribution in [2.24, 2.45) is 10.1 Å². The van der Waals surface area contributed by atoms with E-state index < -0.39 is 28.3 Å². The zero-order chi connectivity index (χ0) is 24.4. The lowest BCUT2D eigenvalue weighted by molar-refractivity contribution is -0.137. The van der Waals surface area contributed by atoms with Crippen LogP contribution in [-0.4, -0.2) is 60.3 Å². The number of nitrogens with two attached hydrogens (primary N) is 1. The number of hydrogen-bond donors (Lipinski definition) is 1. The number of sulfonamides is 1. The second-order valence-electron chi connectivity index (χ2n) is 8.28. The predicted molar refractivity (Wildman–Crippen MR) is 126 cm³/mol. The van der Waals surface area contributed by atoms with Gasteiger partial charge in [-0.05, 0) is 48.9 Å². The first-order valence-corrected chi connectivity index (χ1v) is 12.3. The van der Waals surface area contributed by atoms with Gasteiger partial charge in [-0.1, -0.05) is 23.7 Å². The van der Waals surface area contributed by atoms with Crippen molar-refractivity contribution in [3.8, 4) is 0 Å². The number of amides is 3. The number of guanidine groups is 1. The van der Waals surface area contributed by atoms with Crippen LogP contribution in [0.25, 0.3) is 0 Å². The smallest absolute Gasteiger partial charge is 0.302 e. The van der Waals surface area contributed by atoms with Gasteiger partial charge in [0.25, 0.3) is 5.91 Å². The number of nitrogens with zero attached hydrogens (tertiary/aromatic N) is 5. The molecule has 3 aliphatic rings. The second kappa shape index (κ2) is 7.83. The number of benzene rings is 2. The topological polar surface area (TPSA) is 120 Å². The van der Waals surface area contributed by atoms with Crippen LogP contribution in [0.4, 0.5) is 10.5 Å². The molecule has 10 nitrogen and oxygen atoms in total. The summed E-state index contributed by atoms with van der Waals surface area (Å²) >= 11 is 5.95. The van der Waals surface area contributed by atoms with E-state index in [1.54, 1.807) is 59.4 Å². The van der Waals surface area contributed by atoms with Crippen LogP contribution >= 0.6 is 11.6 Å². The Balaban J connectivity index is 1.45. The molecule has 1 saturated heterocycles. The number of fused-ring (bicyclic) bond motifs is 3. The van der Waals surface area contributed by atoms with Gasteiger partial charge in [-0.2, -0.15) is 0 Å². The Morgan fingerprint density at radius 1 is 1.06 bits per heavy atom. The molecule has 0 bridgehead atoms. The Morgan fingerprint density at radius 2 is 1.71 bits per heavy atom. The zero-order valence-electron chi connectivity index (χ0n) is 18.3. The molecule has 3 heterocycles. The van der Waals surface area contributed by atoms with Gasteiger partial charge in [-0.15, -0.1) is 0 Å². The number of carbonyl (C=O) groups is 2. The molecule has 2 aromatic rings. The Morgan fingerprint density at radius 3 is 2.32 bits per heavy atom. The van der Waals surface area contributed by atoms with Crippen molar-refractivity contribution in [3.63, 3.8) is 0 Å². The number of hydrogen-bond acceptors (Lipinski definition) is 7. The first-order valence-electron chi connectivity index (χ1n) is 10.4. The van der Waals surface area contributed by atoms with Gasteiger partial charge in [0.15, 0.2) is 12.2 Å². The summed E-state index contributed by atoms with van der Waals surface area (Å²) in [5.74, 6) is 0.134. The average Bonchev–Trinajstić information content (AvgIpc) is 3.30. The summed E-state index contributed by atoms with van der Waals surface area (Å²) in [6.45, 7) is 1.98. The Bertz CT molecular complexity index is 1360. The minimum Gasteiger partial charge on any atom is -0.302 e. The van der Waals surface area contributed by atoms with Crippen molar-refractivity contribution in [1.82, 2.24) is 14.7 Å². The lowest BCUT2D eigenvalue weighted by atomic mass is 10.1. The van der Waals surface area contributed by atoms with E-state index in [-0.39, 0.29) is 17.3 Å². The normalized spacial score (nSPS) is 22.1. The number of allylic oxidation sites excluding steroid dienone is 1. The summed E-state index contributed by atoms with van der Waals surface area (Å²) in [6, 6.07) is 11.9. The van der Waals surface area contributed by atoms with Crippen molar-refractivity contribution in [2.75, 3.05) is 11.9 Å². The number of rotatable bonds is 4. The van der Waals surface area contributed by atoms with E-state index in [1.165, 1.54) is 21.9 Å². The average molecular weight is 501 g/mol. The highest BCUT2D eigenvalue weighted by Gasteiger charge is 2.54. The van der Waals surface area contributed by atoms with E-state index in [4.69, 9.17) is 21.7 Å². The zero-order valence-corrected chi connectivity index (χ0v) is 19.9. The molecular weight excluding hydrogens is 480 g/mol. The lowest BCUT2D eigenvalue weighted by Crippen LogP contribution is -2.63. The molecule has 1 fully saturated rings. The first kappa shape index (κ1) is 22.4. The maximum absolute atomic E-state index is 13.5. The predicted octanol–water partition coefficient (Wildman–Crippen LogP) is 2.13. The van der Waals surface area contributed by atoms with Gasteiger partial charge < -0.3 is 9.80 Å². The molecule has 3 amide bonds. The van der Waals surface area contributed by atoms with Gasteiger partial charge in [0.2, 0.25) is 16.0 Å². The maximum atomic E-state index is 13.5. The number of carbonyl (C=O) groups excluding carboxylic acids is 2. The molecule has 176 valence electrons. The van der Waals surface area contributed by atoms with Crippen molar-refractivity contribution >= 4 is 45.2 Å². The number of imide groups is 1. The number of primary sulfonamides is 1. The van der Waals surface area contributed by atoms with Crippen LogP contribution < -0.4 is 10.0 Å². The molecule has 5 rings (SSSR count). The summed E-state index contributed by atoms with van der Waals surface area (Å²) in [5.41, 5.74) is 2.22. The van der Waals surface area contributed by atoms with Gasteiger partial charge in [-0.25, -0.2) is 23.3 Å². The molecular formula is C22H21ClN6O4S. The van der Waals surface area contributed by atoms with Crippen molar-refractivity contribution in [1.29, 1.82) is 0 Å². The standard InChI is InChI=1S/C22H21ClN6O4S/c1-13-11-27-18-19(25-21(27)29(13)16-7-9-17(10-8-16)34(24,32)33)26(2)22(31)28(20(18)30)12-14-3-5-15(23)6-4-14/h3-11,18-19H,12H2,1-2H3,(H2,24,32,33). The number of anilines is 1. The summed E-state index contributed by atoms with van der Waals surface area (Å²) in [4.78, 5) is 37.5. The van der Waals surface area contributed by atoms with E-state index in [0.717, 1.165) is 11.3 Å². The van der Waals surface area contributed by atoms with Gasteiger partial charge in [0.05, 0.1) is 11.4 Å². The third-order valence-electron chi connectivity index (χ3n) is 6.07. The molecule has 0 aromatic heterocycles. The van der Waals surface area contributed by atoms with Crippen LogP contribution in [0, 0.1) is 0 Å². The monoisotopic (exact) mass is 500 g/mol. The number of aliphatic imine (C=N–C) groups is 1. The quantitative estimate of drug-likeness (QED) is 0.686. The van der Waals surface area contributed by atoms with Crippen LogP contribution in [0.1, 0.15) is 12.5 Å². The van der Waals surface area contributed by atoms with Crippen LogP contribution in [0.5, 0.6) is 0 Å². The fraction of sp³-hybridized carbons (Fsp3) is 0.227. The van der Waals surface area contributed by atoms with E-state index in [1.807, 2.05) is 6.92 Å². The highest BCUT2D eigenvalue weighted by Crippen LogP contribution is 2.37. The van der Waals surface area contributed by atoms with E-state index in [2.05, 4.69) is 0 Å². The summed E-state index contributed by atoms with van der Waals surface area (Å²) in [5, 5.41) is 5.77. The summed E-state index contributed by atoms with van der Waals surface area (Å²) in [6.07, 6.45) is 1.12. The Kier molecular flexibility index (Phi) is 5.15. The first-order chi connectivity index (χ1) is 16.1. The molecule has 3 aliphatic heterocycles. The van der Waals surface area contributed by atoms with Crippen LogP contribution in [0.2, 0.25) is 5.02 Å².